The number of nitrogens with zero attached hydrogens (tertiary/aromatic N) is 2. The topological polar surface area (TPSA) is 77.9 Å². The number of carbonyl (C=O) groups is 1. The largest absolute Gasteiger partial charge is 0.465 e. The molecule has 1 N–H and O–H groups in total. The molecule has 6 nitrogen and oxygen atoms in total. The summed E-state index contributed by atoms with van der Waals surface area (Å²) in [6, 6.07) is 0.900. The molecule has 0 spiro atoms. The maximum absolute atomic E-state index is 13.3. The summed E-state index contributed by atoms with van der Waals surface area (Å²) in [4.78, 5) is 11.7. The van der Waals surface area contributed by atoms with Crippen LogP contribution in [-0.4, -0.2) is 54.0 Å². The van der Waals surface area contributed by atoms with Gasteiger partial charge in [-0.2, -0.15) is 4.31 Å². The van der Waals surface area contributed by atoms with Crippen molar-refractivity contribution in [1.29, 1.82) is 0 Å². The Morgan fingerprint density at radius 3 is 2.18 bits per heavy atom. The van der Waals surface area contributed by atoms with E-state index in [-0.39, 0.29) is 13.1 Å². The third kappa shape index (κ3) is 3.05. The summed E-state index contributed by atoms with van der Waals surface area (Å²) < 4.78 is 52.7. The van der Waals surface area contributed by atoms with Crippen LogP contribution in [0.3, 0.4) is 0 Å². The van der Waals surface area contributed by atoms with Gasteiger partial charge < -0.3 is 10.0 Å². The Hall–Kier alpha value is -1.74. The van der Waals surface area contributed by atoms with Crippen LogP contribution in [-0.2, 0) is 10.0 Å². The Bertz CT molecular complexity index is 675. The Balaban J connectivity index is 2.36. The fraction of sp³-hybridized carbons (Fsp3) is 0.462. The number of carboxylic acid groups (broad SMARTS) is 1. The fourth-order valence-electron chi connectivity index (χ4n) is 2.51. The SMILES string of the molecule is C[C@@H]1CN(C(=O)O)[C@@H](C)CN1S(=O)(=O)c1cc(F)cc(F)c1. The maximum Gasteiger partial charge on any atom is 0.407 e. The maximum atomic E-state index is 13.3. The molecule has 2 atom stereocenters. The van der Waals surface area contributed by atoms with E-state index in [0.717, 1.165) is 21.3 Å². The van der Waals surface area contributed by atoms with Crippen LogP contribution in [0.2, 0.25) is 0 Å². The lowest BCUT2D eigenvalue weighted by molar-refractivity contribution is 0.0792. The van der Waals surface area contributed by atoms with Gasteiger partial charge in [0.2, 0.25) is 10.0 Å². The molecule has 0 aliphatic carbocycles. The summed E-state index contributed by atoms with van der Waals surface area (Å²) in [5.74, 6) is -1.97. The molecular weight excluding hydrogens is 318 g/mol. The molecule has 1 saturated heterocycles. The van der Waals surface area contributed by atoms with Gasteiger partial charge >= 0.3 is 6.09 Å². The number of amides is 1. The molecule has 1 aromatic rings. The van der Waals surface area contributed by atoms with Crippen LogP contribution in [0.5, 0.6) is 0 Å². The average molecular weight is 334 g/mol. The van der Waals surface area contributed by atoms with Crippen LogP contribution < -0.4 is 0 Å². The molecule has 1 fully saturated rings. The second kappa shape index (κ2) is 5.81. The number of hydrogen-bond acceptors (Lipinski definition) is 3. The molecule has 1 aromatic carbocycles. The van der Waals surface area contributed by atoms with E-state index in [4.69, 9.17) is 5.11 Å². The minimum Gasteiger partial charge on any atom is -0.465 e. The molecule has 122 valence electrons. The van der Waals surface area contributed by atoms with E-state index in [2.05, 4.69) is 0 Å². The zero-order valence-corrected chi connectivity index (χ0v) is 12.8. The molecule has 0 radical (unpaired) electrons. The monoisotopic (exact) mass is 334 g/mol. The first-order valence-electron chi connectivity index (χ1n) is 6.60. The average Bonchev–Trinajstić information content (AvgIpc) is 2.39. The number of sulfonamides is 1. The van der Waals surface area contributed by atoms with Gasteiger partial charge in [0.05, 0.1) is 4.90 Å². The van der Waals surface area contributed by atoms with E-state index >= 15 is 0 Å². The van der Waals surface area contributed by atoms with E-state index in [0.29, 0.717) is 6.07 Å². The highest BCUT2D eigenvalue weighted by Gasteiger charge is 2.39. The number of rotatable bonds is 2. The number of benzene rings is 1. The Morgan fingerprint density at radius 2 is 1.68 bits per heavy atom. The highest BCUT2D eigenvalue weighted by molar-refractivity contribution is 7.89. The first-order chi connectivity index (χ1) is 10.1. The quantitative estimate of drug-likeness (QED) is 0.893. The lowest BCUT2D eigenvalue weighted by Gasteiger charge is -2.41. The van der Waals surface area contributed by atoms with Gasteiger partial charge in [-0.1, -0.05) is 0 Å². The van der Waals surface area contributed by atoms with Gasteiger partial charge in [-0.25, -0.2) is 22.0 Å². The highest BCUT2D eigenvalue weighted by atomic mass is 32.2. The second-order valence-corrected chi connectivity index (χ2v) is 7.20. The Kier molecular flexibility index (Phi) is 4.39. The summed E-state index contributed by atoms with van der Waals surface area (Å²) >= 11 is 0. The second-order valence-electron chi connectivity index (χ2n) is 5.31. The third-order valence-corrected chi connectivity index (χ3v) is 5.57. The standard InChI is InChI=1S/C13H16F2N2O4S/c1-8-7-17(9(2)6-16(8)13(18)19)22(20,21)12-4-10(14)3-11(15)5-12/h3-5,8-9H,6-7H2,1-2H3,(H,18,19)/t8-,9+/m0/s1. The summed E-state index contributed by atoms with van der Waals surface area (Å²) in [7, 11) is -4.10. The van der Waals surface area contributed by atoms with Gasteiger partial charge in [0.25, 0.3) is 0 Å². The first-order valence-corrected chi connectivity index (χ1v) is 8.04. The van der Waals surface area contributed by atoms with Gasteiger partial charge in [-0.05, 0) is 26.0 Å². The van der Waals surface area contributed by atoms with E-state index in [1.54, 1.807) is 13.8 Å². The van der Waals surface area contributed by atoms with Gasteiger partial charge in [-0.15, -0.1) is 0 Å². The van der Waals surface area contributed by atoms with Gasteiger partial charge in [0, 0.05) is 31.2 Å². The third-order valence-electron chi connectivity index (χ3n) is 3.62. The summed E-state index contributed by atoms with van der Waals surface area (Å²) in [5.41, 5.74) is 0. The predicted molar refractivity (Wildman–Crippen MR) is 73.9 cm³/mol. The Morgan fingerprint density at radius 1 is 1.14 bits per heavy atom. The minimum absolute atomic E-state index is 0.00642. The molecule has 1 aliphatic rings. The van der Waals surface area contributed by atoms with Crippen molar-refractivity contribution in [3.63, 3.8) is 0 Å². The van der Waals surface area contributed by atoms with E-state index in [1.807, 2.05) is 0 Å². The van der Waals surface area contributed by atoms with Crippen molar-refractivity contribution in [3.05, 3.63) is 29.8 Å². The van der Waals surface area contributed by atoms with E-state index in [9.17, 15) is 22.0 Å². The minimum atomic E-state index is -4.10. The van der Waals surface area contributed by atoms with Crippen molar-refractivity contribution < 1.29 is 27.1 Å². The summed E-state index contributed by atoms with van der Waals surface area (Å²) in [6.45, 7) is 3.05. The molecule has 1 aliphatic heterocycles. The van der Waals surface area contributed by atoms with Gasteiger partial charge in [0.15, 0.2) is 0 Å². The van der Waals surface area contributed by atoms with E-state index < -0.39 is 44.7 Å². The lowest BCUT2D eigenvalue weighted by atomic mass is 10.1. The fourth-order valence-corrected chi connectivity index (χ4v) is 4.26. The normalized spacial score (nSPS) is 23.5. The molecule has 1 heterocycles. The number of hydrogen-bond donors (Lipinski definition) is 1. The molecule has 0 bridgehead atoms. The molecular formula is C13H16F2N2O4S. The first kappa shape index (κ1) is 16.6. The van der Waals surface area contributed by atoms with Crippen molar-refractivity contribution in [3.8, 4) is 0 Å². The molecule has 0 saturated carbocycles. The Labute approximate surface area is 127 Å². The van der Waals surface area contributed by atoms with Crippen LogP contribution >= 0.6 is 0 Å². The van der Waals surface area contributed by atoms with Crippen LogP contribution in [0, 0.1) is 11.6 Å². The van der Waals surface area contributed by atoms with Crippen molar-refractivity contribution in [2.45, 2.75) is 30.8 Å². The van der Waals surface area contributed by atoms with Gasteiger partial charge in [0.1, 0.15) is 11.6 Å². The molecule has 9 heteroatoms. The molecule has 22 heavy (non-hydrogen) atoms. The summed E-state index contributed by atoms with van der Waals surface area (Å²) in [5, 5.41) is 9.06. The van der Waals surface area contributed by atoms with Crippen LogP contribution in [0.4, 0.5) is 13.6 Å². The van der Waals surface area contributed by atoms with Crippen molar-refractivity contribution in [1.82, 2.24) is 9.21 Å². The van der Waals surface area contributed by atoms with Crippen LogP contribution in [0.15, 0.2) is 23.1 Å². The highest BCUT2D eigenvalue weighted by Crippen LogP contribution is 2.25. The predicted octanol–water partition coefficient (Wildman–Crippen LogP) is 1.73. The number of halogens is 2. The van der Waals surface area contributed by atoms with Crippen LogP contribution in [0.25, 0.3) is 0 Å². The van der Waals surface area contributed by atoms with Crippen molar-refractivity contribution >= 4 is 16.1 Å². The molecule has 0 unspecified atom stereocenters. The molecule has 2 rings (SSSR count). The molecule has 1 amide bonds. The van der Waals surface area contributed by atoms with Crippen LogP contribution in [0.1, 0.15) is 13.8 Å². The smallest absolute Gasteiger partial charge is 0.407 e. The van der Waals surface area contributed by atoms with E-state index in [1.165, 1.54) is 0 Å². The number of piperazine rings is 1. The van der Waals surface area contributed by atoms with Gasteiger partial charge in [-0.3, -0.25) is 0 Å². The zero-order chi connectivity index (χ0) is 16.7. The van der Waals surface area contributed by atoms with Crippen molar-refractivity contribution in [2.24, 2.45) is 0 Å². The lowest BCUT2D eigenvalue weighted by Crippen LogP contribution is -2.59. The van der Waals surface area contributed by atoms with Crippen molar-refractivity contribution in [2.75, 3.05) is 13.1 Å². The zero-order valence-electron chi connectivity index (χ0n) is 12.0. The summed E-state index contributed by atoms with van der Waals surface area (Å²) in [6.07, 6.45) is -1.13. The molecule has 0 aromatic heterocycles.